The highest BCUT2D eigenvalue weighted by Gasteiger charge is 2.12. The first-order chi connectivity index (χ1) is 12.2. The van der Waals surface area contributed by atoms with Crippen LogP contribution in [0.5, 0.6) is 0 Å². The lowest BCUT2D eigenvalue weighted by Crippen LogP contribution is -2.14. The van der Waals surface area contributed by atoms with Gasteiger partial charge in [-0.25, -0.2) is 4.98 Å². The minimum atomic E-state index is -0.114. The Morgan fingerprint density at radius 1 is 1.16 bits per heavy atom. The number of carbonyl (C=O) groups is 1. The number of amides is 1. The summed E-state index contributed by atoms with van der Waals surface area (Å²) in [6.07, 6.45) is 3.17. The molecule has 3 rings (SSSR count). The van der Waals surface area contributed by atoms with E-state index in [9.17, 15) is 4.79 Å². The van der Waals surface area contributed by atoms with Crippen LogP contribution in [0.15, 0.2) is 29.6 Å². The number of benzene rings is 1. The van der Waals surface area contributed by atoms with Gasteiger partial charge in [0.25, 0.3) is 0 Å². The number of hydrogen-bond acceptors (Lipinski definition) is 6. The molecule has 0 unspecified atom stereocenters. The van der Waals surface area contributed by atoms with Crippen molar-refractivity contribution < 1.29 is 4.79 Å². The molecule has 25 heavy (non-hydrogen) atoms. The second kappa shape index (κ2) is 8.31. The molecule has 0 aliphatic heterocycles. The van der Waals surface area contributed by atoms with E-state index in [1.165, 1.54) is 16.9 Å². The molecular formula is C18H20N4OS2. The maximum absolute atomic E-state index is 12.2. The average Bonchev–Trinajstić information content (AvgIpc) is 3.25. The van der Waals surface area contributed by atoms with Gasteiger partial charge in [-0.1, -0.05) is 49.4 Å². The zero-order chi connectivity index (χ0) is 17.6. The molecule has 0 atom stereocenters. The van der Waals surface area contributed by atoms with Crippen molar-refractivity contribution in [3.63, 3.8) is 0 Å². The molecule has 2 aromatic heterocycles. The molecule has 3 aromatic rings. The quantitative estimate of drug-likeness (QED) is 0.669. The average molecular weight is 373 g/mol. The number of aryl methyl sites for hydroxylation is 2. The van der Waals surface area contributed by atoms with Crippen molar-refractivity contribution in [2.45, 2.75) is 39.5 Å². The van der Waals surface area contributed by atoms with Crippen molar-refractivity contribution in [2.75, 3.05) is 5.32 Å². The van der Waals surface area contributed by atoms with Crippen LogP contribution in [0.3, 0.4) is 0 Å². The smallest absolute Gasteiger partial charge is 0.232 e. The van der Waals surface area contributed by atoms with E-state index in [0.29, 0.717) is 5.13 Å². The lowest BCUT2D eigenvalue weighted by Gasteiger charge is -2.00. The first-order valence-corrected chi connectivity index (χ1v) is 10.0. The SMILES string of the molecule is CCCc1nnc(NC(=O)Cc2csc(-c3ccc(CC)cc3)n2)s1. The number of thiazole rings is 1. The van der Waals surface area contributed by atoms with Gasteiger partial charge < -0.3 is 5.32 Å². The number of aromatic nitrogens is 3. The van der Waals surface area contributed by atoms with Gasteiger partial charge in [0.05, 0.1) is 12.1 Å². The van der Waals surface area contributed by atoms with Gasteiger partial charge in [0.15, 0.2) is 0 Å². The predicted molar refractivity (Wildman–Crippen MR) is 103 cm³/mol. The van der Waals surface area contributed by atoms with E-state index in [4.69, 9.17) is 0 Å². The van der Waals surface area contributed by atoms with Gasteiger partial charge in [0, 0.05) is 17.4 Å². The zero-order valence-electron chi connectivity index (χ0n) is 14.3. The highest BCUT2D eigenvalue weighted by atomic mass is 32.1. The summed E-state index contributed by atoms with van der Waals surface area (Å²) >= 11 is 2.99. The summed E-state index contributed by atoms with van der Waals surface area (Å²) in [7, 11) is 0. The maximum atomic E-state index is 12.2. The number of rotatable bonds is 7. The number of nitrogens with zero attached hydrogens (tertiary/aromatic N) is 3. The van der Waals surface area contributed by atoms with Crippen LogP contribution in [0.2, 0.25) is 0 Å². The third-order valence-electron chi connectivity index (χ3n) is 3.68. The molecule has 130 valence electrons. The van der Waals surface area contributed by atoms with Crippen LogP contribution in [0.25, 0.3) is 10.6 Å². The number of anilines is 1. The Kier molecular flexibility index (Phi) is 5.88. The molecule has 5 nitrogen and oxygen atoms in total. The van der Waals surface area contributed by atoms with Crippen LogP contribution in [-0.4, -0.2) is 21.1 Å². The normalized spacial score (nSPS) is 10.8. The summed E-state index contributed by atoms with van der Waals surface area (Å²) in [5.74, 6) is -0.114. The van der Waals surface area contributed by atoms with Crippen LogP contribution in [0.1, 0.15) is 36.5 Å². The summed E-state index contributed by atoms with van der Waals surface area (Å²) in [5, 5.41) is 15.2. The fourth-order valence-corrected chi connectivity index (χ4v) is 4.03. The Morgan fingerprint density at radius 2 is 1.96 bits per heavy atom. The summed E-state index contributed by atoms with van der Waals surface area (Å²) in [6.45, 7) is 4.23. The van der Waals surface area contributed by atoms with Gasteiger partial charge in [-0.2, -0.15) is 0 Å². The van der Waals surface area contributed by atoms with Gasteiger partial charge in [0.2, 0.25) is 11.0 Å². The van der Waals surface area contributed by atoms with E-state index in [2.05, 4.69) is 58.6 Å². The van der Waals surface area contributed by atoms with Gasteiger partial charge in [0.1, 0.15) is 10.0 Å². The number of nitrogens with one attached hydrogen (secondary N) is 1. The largest absolute Gasteiger partial charge is 0.300 e. The van der Waals surface area contributed by atoms with E-state index >= 15 is 0 Å². The second-order valence-electron chi connectivity index (χ2n) is 5.67. The lowest BCUT2D eigenvalue weighted by molar-refractivity contribution is -0.115. The molecule has 0 aliphatic carbocycles. The minimum Gasteiger partial charge on any atom is -0.300 e. The second-order valence-corrected chi connectivity index (χ2v) is 7.59. The van der Waals surface area contributed by atoms with Crippen LogP contribution in [0.4, 0.5) is 5.13 Å². The topological polar surface area (TPSA) is 67.8 Å². The van der Waals surface area contributed by atoms with Crippen molar-refractivity contribution in [3.8, 4) is 10.6 Å². The van der Waals surface area contributed by atoms with Crippen molar-refractivity contribution in [2.24, 2.45) is 0 Å². The number of hydrogen-bond donors (Lipinski definition) is 1. The van der Waals surface area contributed by atoms with E-state index in [1.807, 2.05) is 5.38 Å². The molecule has 0 spiro atoms. The Hall–Kier alpha value is -2.12. The molecule has 1 aromatic carbocycles. The van der Waals surface area contributed by atoms with E-state index in [1.54, 1.807) is 11.3 Å². The van der Waals surface area contributed by atoms with Crippen LogP contribution in [0, 0.1) is 0 Å². The Morgan fingerprint density at radius 3 is 2.68 bits per heavy atom. The minimum absolute atomic E-state index is 0.114. The van der Waals surface area contributed by atoms with E-state index in [-0.39, 0.29) is 12.3 Å². The van der Waals surface area contributed by atoms with Crippen molar-refractivity contribution in [3.05, 3.63) is 45.9 Å². The van der Waals surface area contributed by atoms with Crippen LogP contribution >= 0.6 is 22.7 Å². The molecule has 0 radical (unpaired) electrons. The molecule has 1 amide bonds. The van der Waals surface area contributed by atoms with Gasteiger partial charge in [-0.3, -0.25) is 4.79 Å². The fraction of sp³-hybridized carbons (Fsp3) is 0.333. The molecule has 0 saturated carbocycles. The number of carbonyl (C=O) groups excluding carboxylic acids is 1. The van der Waals surface area contributed by atoms with E-state index in [0.717, 1.165) is 40.5 Å². The van der Waals surface area contributed by atoms with Gasteiger partial charge >= 0.3 is 0 Å². The molecular weight excluding hydrogens is 352 g/mol. The Labute approximate surface area is 155 Å². The summed E-state index contributed by atoms with van der Waals surface area (Å²) in [4.78, 5) is 16.7. The van der Waals surface area contributed by atoms with Gasteiger partial charge in [-0.05, 0) is 18.4 Å². The monoisotopic (exact) mass is 372 g/mol. The molecule has 2 heterocycles. The third kappa shape index (κ3) is 4.70. The molecule has 7 heteroatoms. The fourth-order valence-electron chi connectivity index (χ4n) is 2.35. The molecule has 0 fully saturated rings. The predicted octanol–water partition coefficient (Wildman–Crippen LogP) is 4.36. The highest BCUT2D eigenvalue weighted by Crippen LogP contribution is 2.24. The van der Waals surface area contributed by atoms with Crippen molar-refractivity contribution in [1.29, 1.82) is 0 Å². The van der Waals surface area contributed by atoms with Crippen LogP contribution < -0.4 is 5.32 Å². The first-order valence-electron chi connectivity index (χ1n) is 8.34. The summed E-state index contributed by atoms with van der Waals surface area (Å²) in [6, 6.07) is 8.40. The standard InChI is InChI=1S/C18H20N4OS2/c1-3-5-16-21-22-18(25-16)20-15(23)10-14-11-24-17(19-14)13-8-6-12(4-2)7-9-13/h6-9,11H,3-5,10H2,1-2H3,(H,20,22,23). The Balaban J connectivity index is 1.60. The molecule has 0 bridgehead atoms. The molecule has 0 aliphatic rings. The van der Waals surface area contributed by atoms with Gasteiger partial charge in [-0.15, -0.1) is 21.5 Å². The summed E-state index contributed by atoms with van der Waals surface area (Å²) < 4.78 is 0. The highest BCUT2D eigenvalue weighted by molar-refractivity contribution is 7.15. The summed E-state index contributed by atoms with van der Waals surface area (Å²) in [5.41, 5.74) is 3.16. The lowest BCUT2D eigenvalue weighted by atomic mass is 10.1. The van der Waals surface area contributed by atoms with Crippen LogP contribution in [-0.2, 0) is 24.1 Å². The molecule has 1 N–H and O–H groups in total. The molecule has 0 saturated heterocycles. The Bertz CT molecular complexity index is 839. The first kappa shape index (κ1) is 17.7. The van der Waals surface area contributed by atoms with Crippen molar-refractivity contribution >= 4 is 33.7 Å². The maximum Gasteiger partial charge on any atom is 0.232 e. The third-order valence-corrected chi connectivity index (χ3v) is 5.52. The van der Waals surface area contributed by atoms with Crippen molar-refractivity contribution in [1.82, 2.24) is 15.2 Å². The zero-order valence-corrected chi connectivity index (χ0v) is 15.9. The van der Waals surface area contributed by atoms with E-state index < -0.39 is 0 Å².